The number of methoxy groups -OCH3 is 1. The molecule has 0 aromatic carbocycles. The number of halogens is 1. The van der Waals surface area contributed by atoms with Crippen molar-refractivity contribution < 1.29 is 9.53 Å². The molecule has 0 amide bonds. The van der Waals surface area contributed by atoms with Crippen molar-refractivity contribution in [3.8, 4) is 0 Å². The summed E-state index contributed by atoms with van der Waals surface area (Å²) >= 11 is 5.78. The monoisotopic (exact) mass is 200 g/mol. The Kier molecular flexibility index (Phi) is 3.08. The molecule has 0 aliphatic carbocycles. The van der Waals surface area contributed by atoms with E-state index in [4.69, 9.17) is 11.6 Å². The number of carbonyl (C=O) groups is 1. The Balaban J connectivity index is 3.05. The minimum absolute atomic E-state index is 0.128. The smallest absolute Gasteiger partial charge is 0.358 e. The highest BCUT2D eigenvalue weighted by Crippen LogP contribution is 2.18. The van der Waals surface area contributed by atoms with Crippen LogP contribution in [0.25, 0.3) is 0 Å². The van der Waals surface area contributed by atoms with E-state index in [2.05, 4.69) is 15.0 Å². The molecular formula is C8H9ClN2O2. The molecule has 0 saturated heterocycles. The minimum atomic E-state index is -0.535. The third-order valence-electron chi connectivity index (χ3n) is 1.51. The van der Waals surface area contributed by atoms with Crippen molar-refractivity contribution in [2.45, 2.75) is 0 Å². The fraction of sp³-hybridized carbons (Fsp3) is 0.250. The third-order valence-corrected chi connectivity index (χ3v) is 1.80. The molecule has 1 rings (SSSR count). The van der Waals surface area contributed by atoms with Crippen molar-refractivity contribution in [2.75, 3.05) is 19.5 Å². The first-order valence-corrected chi connectivity index (χ1v) is 3.98. The van der Waals surface area contributed by atoms with Gasteiger partial charge in [-0.2, -0.15) is 0 Å². The number of esters is 1. The second-order valence-electron chi connectivity index (χ2n) is 2.30. The zero-order chi connectivity index (χ0) is 9.84. The van der Waals surface area contributed by atoms with E-state index in [-0.39, 0.29) is 10.7 Å². The maximum Gasteiger partial charge on any atom is 0.358 e. The number of hydrogen-bond acceptors (Lipinski definition) is 4. The second kappa shape index (κ2) is 4.09. The molecule has 1 aromatic heterocycles. The topological polar surface area (TPSA) is 51.2 Å². The second-order valence-corrected chi connectivity index (χ2v) is 2.70. The van der Waals surface area contributed by atoms with E-state index in [1.54, 1.807) is 13.1 Å². The first-order chi connectivity index (χ1) is 6.19. The Morgan fingerprint density at radius 2 is 2.38 bits per heavy atom. The summed E-state index contributed by atoms with van der Waals surface area (Å²) in [6.07, 6.45) is 1.51. The van der Waals surface area contributed by atoms with Crippen molar-refractivity contribution >= 4 is 23.3 Å². The van der Waals surface area contributed by atoms with Crippen LogP contribution < -0.4 is 5.32 Å². The van der Waals surface area contributed by atoms with Gasteiger partial charge < -0.3 is 10.1 Å². The van der Waals surface area contributed by atoms with Gasteiger partial charge in [-0.3, -0.25) is 0 Å². The minimum Gasteiger partial charge on any atom is -0.464 e. The predicted molar refractivity (Wildman–Crippen MR) is 50.1 cm³/mol. The van der Waals surface area contributed by atoms with Crippen LogP contribution in [0, 0.1) is 0 Å². The highest BCUT2D eigenvalue weighted by molar-refractivity contribution is 6.33. The van der Waals surface area contributed by atoms with E-state index in [0.29, 0.717) is 0 Å². The third kappa shape index (κ3) is 2.09. The fourth-order valence-corrected chi connectivity index (χ4v) is 1.07. The Labute approximate surface area is 80.9 Å². The highest BCUT2D eigenvalue weighted by atomic mass is 35.5. The number of carbonyl (C=O) groups excluding carboxylic acids is 1. The van der Waals surface area contributed by atoms with Crippen molar-refractivity contribution in [1.82, 2.24) is 4.98 Å². The number of hydrogen-bond donors (Lipinski definition) is 1. The van der Waals surface area contributed by atoms with Gasteiger partial charge in [0, 0.05) is 7.05 Å². The van der Waals surface area contributed by atoms with Gasteiger partial charge in [0.15, 0.2) is 5.69 Å². The average Bonchev–Trinajstić information content (AvgIpc) is 2.16. The number of nitrogens with one attached hydrogen (secondary N) is 1. The number of rotatable bonds is 2. The van der Waals surface area contributed by atoms with E-state index in [0.717, 1.165) is 5.69 Å². The lowest BCUT2D eigenvalue weighted by Crippen LogP contribution is -2.05. The van der Waals surface area contributed by atoms with Crippen LogP contribution in [-0.2, 0) is 4.74 Å². The van der Waals surface area contributed by atoms with Gasteiger partial charge in [-0.25, -0.2) is 9.78 Å². The molecule has 1 N–H and O–H groups in total. The van der Waals surface area contributed by atoms with Gasteiger partial charge in [0.1, 0.15) is 0 Å². The van der Waals surface area contributed by atoms with Crippen LogP contribution >= 0.6 is 11.6 Å². The Morgan fingerprint density at radius 3 is 2.85 bits per heavy atom. The molecule has 0 fully saturated rings. The van der Waals surface area contributed by atoms with Crippen molar-refractivity contribution in [1.29, 1.82) is 0 Å². The molecule has 4 nitrogen and oxygen atoms in total. The van der Waals surface area contributed by atoms with Crippen LogP contribution in [0.15, 0.2) is 12.3 Å². The number of ether oxygens (including phenoxy) is 1. The largest absolute Gasteiger partial charge is 0.464 e. The number of nitrogens with zero attached hydrogens (tertiary/aromatic N) is 1. The summed E-state index contributed by atoms with van der Waals surface area (Å²) < 4.78 is 4.48. The normalized spacial score (nSPS) is 9.46. The maximum atomic E-state index is 11.0. The van der Waals surface area contributed by atoms with E-state index < -0.39 is 5.97 Å². The van der Waals surface area contributed by atoms with Gasteiger partial charge in [0.2, 0.25) is 0 Å². The lowest BCUT2D eigenvalue weighted by molar-refractivity contribution is 0.0594. The van der Waals surface area contributed by atoms with E-state index >= 15 is 0 Å². The molecule has 1 aromatic rings. The Morgan fingerprint density at radius 1 is 1.69 bits per heavy atom. The number of aromatic nitrogens is 1. The summed E-state index contributed by atoms with van der Waals surface area (Å²) in [5.41, 5.74) is 0.876. The summed E-state index contributed by atoms with van der Waals surface area (Å²) in [6, 6.07) is 1.61. The first kappa shape index (κ1) is 9.80. The van der Waals surface area contributed by atoms with Crippen molar-refractivity contribution in [3.05, 3.63) is 23.0 Å². The van der Waals surface area contributed by atoms with Crippen LogP contribution in [0.2, 0.25) is 5.02 Å². The highest BCUT2D eigenvalue weighted by Gasteiger charge is 2.12. The zero-order valence-electron chi connectivity index (χ0n) is 7.30. The molecule has 0 spiro atoms. The molecule has 0 aliphatic rings. The Bertz CT molecular complexity index is 328. The molecule has 0 radical (unpaired) electrons. The molecule has 0 unspecified atom stereocenters. The van der Waals surface area contributed by atoms with E-state index in [1.165, 1.54) is 13.3 Å². The molecule has 13 heavy (non-hydrogen) atoms. The average molecular weight is 201 g/mol. The maximum absolute atomic E-state index is 11.0. The van der Waals surface area contributed by atoms with Crippen LogP contribution in [0.4, 0.5) is 5.69 Å². The molecular weight excluding hydrogens is 192 g/mol. The Hall–Kier alpha value is -1.29. The van der Waals surface area contributed by atoms with Gasteiger partial charge in [-0.1, -0.05) is 11.6 Å². The van der Waals surface area contributed by atoms with Crippen molar-refractivity contribution in [3.63, 3.8) is 0 Å². The molecule has 5 heteroatoms. The lowest BCUT2D eigenvalue weighted by atomic mass is 10.3. The molecule has 0 aliphatic heterocycles. The predicted octanol–water partition coefficient (Wildman–Crippen LogP) is 1.56. The van der Waals surface area contributed by atoms with Crippen molar-refractivity contribution in [2.24, 2.45) is 0 Å². The quantitative estimate of drug-likeness (QED) is 0.737. The van der Waals surface area contributed by atoms with Gasteiger partial charge in [-0.05, 0) is 6.07 Å². The molecule has 0 saturated carbocycles. The summed E-state index contributed by atoms with van der Waals surface area (Å²) in [5.74, 6) is -0.535. The fourth-order valence-electron chi connectivity index (χ4n) is 0.822. The molecule has 70 valence electrons. The van der Waals surface area contributed by atoms with Gasteiger partial charge in [-0.15, -0.1) is 0 Å². The summed E-state index contributed by atoms with van der Waals surface area (Å²) in [5, 5.41) is 3.13. The molecule has 1 heterocycles. The zero-order valence-corrected chi connectivity index (χ0v) is 8.05. The lowest BCUT2D eigenvalue weighted by Gasteiger charge is -2.03. The first-order valence-electron chi connectivity index (χ1n) is 3.60. The van der Waals surface area contributed by atoms with Gasteiger partial charge >= 0.3 is 5.97 Å². The van der Waals surface area contributed by atoms with Crippen LogP contribution in [0.3, 0.4) is 0 Å². The van der Waals surface area contributed by atoms with Crippen LogP contribution in [-0.4, -0.2) is 25.1 Å². The number of anilines is 1. The SMILES string of the molecule is CNc1cnc(C(=O)OC)c(Cl)c1. The summed E-state index contributed by atoms with van der Waals surface area (Å²) in [7, 11) is 3.03. The summed E-state index contributed by atoms with van der Waals surface area (Å²) in [4.78, 5) is 14.9. The van der Waals surface area contributed by atoms with Gasteiger partial charge in [0.05, 0.1) is 24.0 Å². The molecule has 0 atom stereocenters. The molecule has 0 bridgehead atoms. The van der Waals surface area contributed by atoms with Crippen LogP contribution in [0.5, 0.6) is 0 Å². The van der Waals surface area contributed by atoms with Crippen LogP contribution in [0.1, 0.15) is 10.5 Å². The van der Waals surface area contributed by atoms with E-state index in [1.807, 2.05) is 0 Å². The number of pyridine rings is 1. The standard InChI is InChI=1S/C8H9ClN2O2/c1-10-5-3-6(9)7(11-4-5)8(12)13-2/h3-4,10H,1-2H3. The summed E-state index contributed by atoms with van der Waals surface area (Å²) in [6.45, 7) is 0. The van der Waals surface area contributed by atoms with E-state index in [9.17, 15) is 4.79 Å². The van der Waals surface area contributed by atoms with Gasteiger partial charge in [0.25, 0.3) is 0 Å².